The van der Waals surface area contributed by atoms with E-state index in [4.69, 9.17) is 11.6 Å². The van der Waals surface area contributed by atoms with Crippen molar-refractivity contribution in [2.45, 2.75) is 6.92 Å². The topological polar surface area (TPSA) is 17.1 Å². The molecule has 1 rings (SSSR count). The van der Waals surface area contributed by atoms with Crippen molar-refractivity contribution in [1.82, 2.24) is 0 Å². The van der Waals surface area contributed by atoms with Gasteiger partial charge in [0.15, 0.2) is 5.78 Å². The van der Waals surface area contributed by atoms with Crippen LogP contribution in [0, 0.1) is 0 Å². The van der Waals surface area contributed by atoms with E-state index in [9.17, 15) is 4.79 Å². The van der Waals surface area contributed by atoms with Gasteiger partial charge in [-0.25, -0.2) is 0 Å². The molecule has 0 saturated heterocycles. The molecule has 0 aliphatic carbocycles. The first-order chi connectivity index (χ1) is 5.75. The molecule has 0 radical (unpaired) electrons. The molecular weight excluding hydrogens is 172 g/mol. The van der Waals surface area contributed by atoms with Gasteiger partial charge >= 0.3 is 0 Å². The zero-order valence-corrected chi connectivity index (χ0v) is 7.51. The summed E-state index contributed by atoms with van der Waals surface area (Å²) in [5, 5.41) is 0.501. The maximum Gasteiger partial charge on any atom is 0.187 e. The highest BCUT2D eigenvalue weighted by Gasteiger charge is 2.04. The number of rotatable bonds is 2. The van der Waals surface area contributed by atoms with E-state index < -0.39 is 0 Å². The highest BCUT2D eigenvalue weighted by molar-refractivity contribution is 6.34. The van der Waals surface area contributed by atoms with E-state index in [1.54, 1.807) is 37.3 Å². The molecule has 0 atom stereocenters. The molecule has 0 aromatic heterocycles. The van der Waals surface area contributed by atoms with Gasteiger partial charge < -0.3 is 0 Å². The number of hydrogen-bond acceptors (Lipinski definition) is 1. The van der Waals surface area contributed by atoms with Gasteiger partial charge in [-0.1, -0.05) is 29.8 Å². The van der Waals surface area contributed by atoms with Crippen molar-refractivity contribution in [3.63, 3.8) is 0 Å². The smallest absolute Gasteiger partial charge is 0.187 e. The number of halogens is 1. The van der Waals surface area contributed by atoms with Crippen molar-refractivity contribution in [3.05, 3.63) is 47.0 Å². The second kappa shape index (κ2) is 4.07. The third-order valence-electron chi connectivity index (χ3n) is 1.46. The van der Waals surface area contributed by atoms with Crippen molar-refractivity contribution in [3.8, 4) is 0 Å². The zero-order chi connectivity index (χ0) is 8.97. The minimum absolute atomic E-state index is 0.0527. The van der Waals surface area contributed by atoms with E-state index >= 15 is 0 Å². The third kappa shape index (κ3) is 1.95. The lowest BCUT2D eigenvalue weighted by molar-refractivity contribution is 0.104. The van der Waals surface area contributed by atoms with Crippen molar-refractivity contribution in [1.29, 1.82) is 0 Å². The van der Waals surface area contributed by atoms with Gasteiger partial charge in [0.2, 0.25) is 0 Å². The number of allylic oxidation sites excluding steroid dienone is 2. The van der Waals surface area contributed by atoms with Crippen LogP contribution in [0.2, 0.25) is 5.02 Å². The van der Waals surface area contributed by atoms with Gasteiger partial charge in [-0.3, -0.25) is 4.79 Å². The summed E-state index contributed by atoms with van der Waals surface area (Å²) in [6.07, 6.45) is 3.20. The molecule has 1 aromatic carbocycles. The highest BCUT2D eigenvalue weighted by Crippen LogP contribution is 2.15. The van der Waals surface area contributed by atoms with Crippen LogP contribution in [0.15, 0.2) is 36.4 Å². The summed E-state index contributed by atoms with van der Waals surface area (Å²) >= 11 is 5.80. The van der Waals surface area contributed by atoms with E-state index in [-0.39, 0.29) is 5.78 Å². The van der Waals surface area contributed by atoms with Crippen LogP contribution in [0.3, 0.4) is 0 Å². The highest BCUT2D eigenvalue weighted by atomic mass is 35.5. The molecule has 0 amide bonds. The van der Waals surface area contributed by atoms with Crippen LogP contribution in [0.1, 0.15) is 17.3 Å². The molecule has 0 saturated carbocycles. The lowest BCUT2D eigenvalue weighted by Gasteiger charge is -1.97. The van der Waals surface area contributed by atoms with Gasteiger partial charge in [0.25, 0.3) is 0 Å². The molecule has 1 aromatic rings. The summed E-state index contributed by atoms with van der Waals surface area (Å²) in [7, 11) is 0. The summed E-state index contributed by atoms with van der Waals surface area (Å²) in [6.45, 7) is 1.80. The molecule has 62 valence electrons. The first kappa shape index (κ1) is 9.01. The van der Waals surface area contributed by atoms with Crippen LogP contribution in [0.25, 0.3) is 0 Å². The van der Waals surface area contributed by atoms with Gasteiger partial charge in [-0.05, 0) is 25.1 Å². The normalized spacial score (nSPS) is 10.5. The summed E-state index contributed by atoms with van der Waals surface area (Å²) in [5.41, 5.74) is 0.553. The van der Waals surface area contributed by atoms with E-state index in [2.05, 4.69) is 0 Å². The molecule has 0 aliphatic heterocycles. The van der Waals surface area contributed by atoms with Crippen molar-refractivity contribution < 1.29 is 4.79 Å². The Kier molecular flexibility index (Phi) is 3.06. The molecule has 0 aliphatic rings. The van der Waals surface area contributed by atoms with Crippen molar-refractivity contribution in [2.24, 2.45) is 0 Å². The standard InChI is InChI=1S/C10H9ClO/c1-2-5-10(12)8-6-3-4-7-9(8)11/h2-7H,1H3/b5-2+. The fourth-order valence-corrected chi connectivity index (χ4v) is 1.13. The minimum Gasteiger partial charge on any atom is -0.289 e. The van der Waals surface area contributed by atoms with Crippen LogP contribution in [0.5, 0.6) is 0 Å². The Balaban J connectivity index is 3.03. The molecule has 0 spiro atoms. The van der Waals surface area contributed by atoms with E-state index in [0.29, 0.717) is 10.6 Å². The Morgan fingerprint density at radius 2 is 2.08 bits per heavy atom. The van der Waals surface area contributed by atoms with Gasteiger partial charge in [-0.2, -0.15) is 0 Å². The SMILES string of the molecule is C/C=C/C(=O)c1ccccc1Cl. The van der Waals surface area contributed by atoms with Gasteiger partial charge in [0.05, 0.1) is 5.02 Å². The Morgan fingerprint density at radius 3 is 2.67 bits per heavy atom. The Hall–Kier alpha value is -1.08. The molecule has 0 bridgehead atoms. The molecule has 12 heavy (non-hydrogen) atoms. The quantitative estimate of drug-likeness (QED) is 0.505. The molecule has 2 heteroatoms. The maximum absolute atomic E-state index is 11.3. The summed E-state index contributed by atoms with van der Waals surface area (Å²) in [6, 6.07) is 7.01. The maximum atomic E-state index is 11.3. The predicted octanol–water partition coefficient (Wildman–Crippen LogP) is 3.10. The van der Waals surface area contributed by atoms with Gasteiger partial charge in [-0.15, -0.1) is 0 Å². The predicted molar refractivity (Wildman–Crippen MR) is 50.6 cm³/mol. The average Bonchev–Trinajstić information content (AvgIpc) is 2.05. The molecule has 1 nitrogen and oxygen atoms in total. The first-order valence-electron chi connectivity index (χ1n) is 3.67. The fourth-order valence-electron chi connectivity index (χ4n) is 0.902. The Morgan fingerprint density at radius 1 is 1.42 bits per heavy atom. The zero-order valence-electron chi connectivity index (χ0n) is 6.75. The molecule has 0 N–H and O–H groups in total. The number of benzene rings is 1. The van der Waals surface area contributed by atoms with Crippen molar-refractivity contribution >= 4 is 17.4 Å². The Bertz CT molecular complexity index is 315. The van der Waals surface area contributed by atoms with E-state index in [0.717, 1.165) is 0 Å². The second-order valence-electron chi connectivity index (χ2n) is 2.34. The number of carbonyl (C=O) groups excluding carboxylic acids is 1. The molecule has 0 unspecified atom stereocenters. The van der Waals surface area contributed by atoms with Crippen LogP contribution in [-0.2, 0) is 0 Å². The van der Waals surface area contributed by atoms with Gasteiger partial charge in [0.1, 0.15) is 0 Å². The second-order valence-corrected chi connectivity index (χ2v) is 2.75. The van der Waals surface area contributed by atoms with Gasteiger partial charge in [0, 0.05) is 5.56 Å². The van der Waals surface area contributed by atoms with Crippen LogP contribution >= 0.6 is 11.6 Å². The first-order valence-corrected chi connectivity index (χ1v) is 4.05. The average molecular weight is 181 g/mol. The lowest BCUT2D eigenvalue weighted by atomic mass is 10.1. The van der Waals surface area contributed by atoms with Crippen molar-refractivity contribution in [2.75, 3.05) is 0 Å². The summed E-state index contributed by atoms with van der Waals surface area (Å²) in [5.74, 6) is -0.0527. The summed E-state index contributed by atoms with van der Waals surface area (Å²) < 4.78 is 0. The molecular formula is C10H9ClO. The third-order valence-corrected chi connectivity index (χ3v) is 1.79. The lowest BCUT2D eigenvalue weighted by Crippen LogP contribution is -1.94. The van der Waals surface area contributed by atoms with Crippen LogP contribution in [-0.4, -0.2) is 5.78 Å². The van der Waals surface area contributed by atoms with Crippen LogP contribution < -0.4 is 0 Å². The molecule has 0 fully saturated rings. The number of carbonyl (C=O) groups is 1. The molecule has 0 heterocycles. The summed E-state index contributed by atoms with van der Waals surface area (Å²) in [4.78, 5) is 11.3. The monoisotopic (exact) mass is 180 g/mol. The minimum atomic E-state index is -0.0527. The number of hydrogen-bond donors (Lipinski definition) is 0. The largest absolute Gasteiger partial charge is 0.289 e. The van der Waals surface area contributed by atoms with Crippen LogP contribution in [0.4, 0.5) is 0 Å². The number of ketones is 1. The van der Waals surface area contributed by atoms with E-state index in [1.807, 2.05) is 0 Å². The fraction of sp³-hybridized carbons (Fsp3) is 0.100. The Labute approximate surface area is 76.7 Å². The van der Waals surface area contributed by atoms with E-state index in [1.165, 1.54) is 6.08 Å².